The van der Waals surface area contributed by atoms with Crippen LogP contribution in [-0.2, 0) is 0 Å². The summed E-state index contributed by atoms with van der Waals surface area (Å²) in [7, 11) is 1.85. The number of nitrogens with one attached hydrogen (secondary N) is 3. The molecule has 0 spiro atoms. The zero-order valence-electron chi connectivity index (χ0n) is 11.7. The van der Waals surface area contributed by atoms with Gasteiger partial charge in [-0.2, -0.15) is 5.10 Å². The lowest BCUT2D eigenvalue weighted by Gasteiger charge is -2.09. The summed E-state index contributed by atoms with van der Waals surface area (Å²) in [6.45, 7) is 4.41. The molecule has 0 bridgehead atoms. The Morgan fingerprint density at radius 3 is 2.85 bits per heavy atom. The topological polar surface area (TPSA) is 83.0 Å². The van der Waals surface area contributed by atoms with E-state index in [2.05, 4.69) is 20.8 Å². The van der Waals surface area contributed by atoms with Gasteiger partial charge in [0.05, 0.1) is 0 Å². The number of carbonyl (C=O) groups excluding carboxylic acids is 1. The molecule has 0 radical (unpaired) electrons. The molecule has 2 rings (SSSR count). The Kier molecular flexibility index (Phi) is 5.79. The van der Waals surface area contributed by atoms with Crippen molar-refractivity contribution >= 4 is 18.3 Å². The molecule has 1 atom stereocenters. The standard InChI is InChI=1S/C13H18N4O2.ClH/c1-8(14-3)7-15-13(18)11-6-10(16-17-11)12-5-4-9(2)19-12;/h4-6,8,14H,7H2,1-3H3,(H,15,18)(H,16,17);1H. The van der Waals surface area contributed by atoms with Gasteiger partial charge in [-0.05, 0) is 33.0 Å². The van der Waals surface area contributed by atoms with Crippen LogP contribution >= 0.6 is 12.4 Å². The van der Waals surface area contributed by atoms with Gasteiger partial charge in [-0.1, -0.05) is 0 Å². The first-order valence-electron chi connectivity index (χ1n) is 6.18. The van der Waals surface area contributed by atoms with E-state index in [9.17, 15) is 4.79 Å². The molecule has 0 saturated heterocycles. The molecule has 3 N–H and O–H groups in total. The third-order valence-electron chi connectivity index (χ3n) is 2.88. The van der Waals surface area contributed by atoms with Gasteiger partial charge in [0.1, 0.15) is 11.5 Å². The first kappa shape index (κ1) is 16.3. The molecular formula is C13H19ClN4O2. The molecule has 0 fully saturated rings. The van der Waals surface area contributed by atoms with Gasteiger partial charge in [0, 0.05) is 18.7 Å². The molecular weight excluding hydrogens is 280 g/mol. The minimum absolute atomic E-state index is 0. The highest BCUT2D eigenvalue weighted by molar-refractivity contribution is 5.93. The number of H-pyrrole nitrogens is 1. The number of aromatic nitrogens is 2. The lowest BCUT2D eigenvalue weighted by Crippen LogP contribution is -2.37. The number of amides is 1. The molecule has 2 aromatic rings. The lowest BCUT2D eigenvalue weighted by atomic mass is 10.3. The highest BCUT2D eigenvalue weighted by Gasteiger charge is 2.13. The molecule has 110 valence electrons. The second-order valence-electron chi connectivity index (χ2n) is 4.48. The summed E-state index contributed by atoms with van der Waals surface area (Å²) < 4.78 is 5.47. The molecule has 0 aromatic carbocycles. The van der Waals surface area contributed by atoms with E-state index < -0.39 is 0 Å². The van der Waals surface area contributed by atoms with Gasteiger partial charge in [-0.15, -0.1) is 12.4 Å². The van der Waals surface area contributed by atoms with Crippen LogP contribution in [0.2, 0.25) is 0 Å². The number of rotatable bonds is 5. The number of carbonyl (C=O) groups is 1. The van der Waals surface area contributed by atoms with Crippen molar-refractivity contribution < 1.29 is 9.21 Å². The van der Waals surface area contributed by atoms with Crippen LogP contribution in [0.1, 0.15) is 23.2 Å². The monoisotopic (exact) mass is 298 g/mol. The Bertz CT molecular complexity index is 564. The Labute approximate surface area is 123 Å². The van der Waals surface area contributed by atoms with Crippen LogP contribution in [0.3, 0.4) is 0 Å². The van der Waals surface area contributed by atoms with Gasteiger partial charge >= 0.3 is 0 Å². The molecule has 2 aromatic heterocycles. The van der Waals surface area contributed by atoms with Crippen molar-refractivity contribution in [2.75, 3.05) is 13.6 Å². The molecule has 1 amide bonds. The van der Waals surface area contributed by atoms with E-state index in [1.54, 1.807) is 6.07 Å². The minimum Gasteiger partial charge on any atom is -0.460 e. The fraction of sp³-hybridized carbons (Fsp3) is 0.385. The molecule has 7 heteroatoms. The first-order valence-corrected chi connectivity index (χ1v) is 6.18. The second-order valence-corrected chi connectivity index (χ2v) is 4.48. The average Bonchev–Trinajstić information content (AvgIpc) is 3.03. The zero-order valence-corrected chi connectivity index (χ0v) is 12.5. The third kappa shape index (κ3) is 3.85. The highest BCUT2D eigenvalue weighted by Crippen LogP contribution is 2.20. The summed E-state index contributed by atoms with van der Waals surface area (Å²) in [4.78, 5) is 11.9. The Hall–Kier alpha value is -1.79. The second kappa shape index (κ2) is 7.12. The van der Waals surface area contributed by atoms with Crippen LogP contribution < -0.4 is 10.6 Å². The Morgan fingerprint density at radius 1 is 1.50 bits per heavy atom. The number of halogens is 1. The van der Waals surface area contributed by atoms with Crippen LogP contribution in [0, 0.1) is 6.92 Å². The van der Waals surface area contributed by atoms with Crippen LogP contribution in [0.4, 0.5) is 0 Å². The van der Waals surface area contributed by atoms with E-state index >= 15 is 0 Å². The van der Waals surface area contributed by atoms with Gasteiger partial charge in [0.15, 0.2) is 11.5 Å². The van der Waals surface area contributed by atoms with Crippen LogP contribution in [0.5, 0.6) is 0 Å². The number of aryl methyl sites for hydroxylation is 1. The normalized spacial score (nSPS) is 11.8. The van der Waals surface area contributed by atoms with Crippen molar-refractivity contribution in [3.8, 4) is 11.5 Å². The zero-order chi connectivity index (χ0) is 13.8. The fourth-order valence-corrected chi connectivity index (χ4v) is 1.58. The molecule has 0 aliphatic rings. The van der Waals surface area contributed by atoms with Gasteiger partial charge in [0.25, 0.3) is 5.91 Å². The van der Waals surface area contributed by atoms with E-state index in [0.29, 0.717) is 23.7 Å². The smallest absolute Gasteiger partial charge is 0.271 e. The summed E-state index contributed by atoms with van der Waals surface area (Å²) in [6, 6.07) is 5.60. The van der Waals surface area contributed by atoms with Crippen molar-refractivity contribution in [3.05, 3.63) is 29.7 Å². The van der Waals surface area contributed by atoms with Gasteiger partial charge in [0.2, 0.25) is 0 Å². The molecule has 20 heavy (non-hydrogen) atoms. The maximum atomic E-state index is 11.9. The number of hydrogen-bond acceptors (Lipinski definition) is 4. The maximum absolute atomic E-state index is 11.9. The summed E-state index contributed by atoms with van der Waals surface area (Å²) in [5, 5.41) is 12.6. The molecule has 0 aliphatic carbocycles. The molecule has 0 saturated carbocycles. The summed E-state index contributed by atoms with van der Waals surface area (Å²) in [6.07, 6.45) is 0. The molecule has 6 nitrogen and oxygen atoms in total. The van der Waals surface area contributed by atoms with E-state index in [1.165, 1.54) is 0 Å². The number of nitrogens with zero attached hydrogens (tertiary/aromatic N) is 1. The Balaban J connectivity index is 0.00000200. The largest absolute Gasteiger partial charge is 0.460 e. The minimum atomic E-state index is -0.201. The quantitative estimate of drug-likeness (QED) is 0.785. The average molecular weight is 299 g/mol. The van der Waals surface area contributed by atoms with Crippen LogP contribution in [-0.4, -0.2) is 35.7 Å². The molecule has 0 aliphatic heterocycles. The number of hydrogen-bond donors (Lipinski definition) is 3. The summed E-state index contributed by atoms with van der Waals surface area (Å²) >= 11 is 0. The van der Waals surface area contributed by atoms with Gasteiger partial charge in [-0.3, -0.25) is 9.89 Å². The van der Waals surface area contributed by atoms with Crippen molar-refractivity contribution in [1.82, 2.24) is 20.8 Å². The summed E-state index contributed by atoms with van der Waals surface area (Å²) in [5.41, 5.74) is 1.05. The van der Waals surface area contributed by atoms with E-state index in [1.807, 2.05) is 33.0 Å². The van der Waals surface area contributed by atoms with Gasteiger partial charge < -0.3 is 15.1 Å². The van der Waals surface area contributed by atoms with E-state index in [-0.39, 0.29) is 24.4 Å². The van der Waals surface area contributed by atoms with Gasteiger partial charge in [-0.25, -0.2) is 0 Å². The van der Waals surface area contributed by atoms with Crippen molar-refractivity contribution in [3.63, 3.8) is 0 Å². The van der Waals surface area contributed by atoms with Crippen molar-refractivity contribution in [1.29, 1.82) is 0 Å². The Morgan fingerprint density at radius 2 is 2.25 bits per heavy atom. The maximum Gasteiger partial charge on any atom is 0.271 e. The first-order chi connectivity index (χ1) is 9.10. The van der Waals surface area contributed by atoms with E-state index in [4.69, 9.17) is 4.42 Å². The fourth-order valence-electron chi connectivity index (χ4n) is 1.58. The molecule has 1 unspecified atom stereocenters. The molecule has 2 heterocycles. The highest BCUT2D eigenvalue weighted by atomic mass is 35.5. The number of likely N-dealkylation sites (N-methyl/N-ethyl adjacent to an activating group) is 1. The van der Waals surface area contributed by atoms with E-state index in [0.717, 1.165) is 5.76 Å². The van der Waals surface area contributed by atoms with Crippen LogP contribution in [0.15, 0.2) is 22.6 Å². The number of furan rings is 1. The predicted molar refractivity (Wildman–Crippen MR) is 79.1 cm³/mol. The van der Waals surface area contributed by atoms with Crippen LogP contribution in [0.25, 0.3) is 11.5 Å². The third-order valence-corrected chi connectivity index (χ3v) is 2.88. The lowest BCUT2D eigenvalue weighted by molar-refractivity contribution is 0.0945. The number of aromatic amines is 1. The summed E-state index contributed by atoms with van der Waals surface area (Å²) in [5.74, 6) is 1.29. The van der Waals surface area contributed by atoms with Crippen molar-refractivity contribution in [2.45, 2.75) is 19.9 Å². The predicted octanol–water partition coefficient (Wildman–Crippen LogP) is 1.74. The SMILES string of the molecule is CNC(C)CNC(=O)c1cc(-c2ccc(C)o2)[nH]n1.Cl. The van der Waals surface area contributed by atoms with Crippen molar-refractivity contribution in [2.24, 2.45) is 0 Å².